The lowest BCUT2D eigenvalue weighted by atomic mass is 10.1. The van der Waals surface area contributed by atoms with Gasteiger partial charge in [-0.1, -0.05) is 6.07 Å². The van der Waals surface area contributed by atoms with Gasteiger partial charge in [-0.2, -0.15) is 0 Å². The van der Waals surface area contributed by atoms with Crippen LogP contribution in [-0.2, 0) is 4.79 Å². The van der Waals surface area contributed by atoms with Gasteiger partial charge in [0.05, 0.1) is 22.6 Å². The molecule has 1 N–H and O–H groups in total. The fourth-order valence-corrected chi connectivity index (χ4v) is 2.27. The van der Waals surface area contributed by atoms with Crippen molar-refractivity contribution in [2.24, 2.45) is 0 Å². The highest BCUT2D eigenvalue weighted by molar-refractivity contribution is 9.10. The van der Waals surface area contributed by atoms with Crippen LogP contribution in [-0.4, -0.2) is 30.8 Å². The molecular weight excluding hydrogens is 274 g/mol. The number of carbonyl (C=O) groups is 1. The van der Waals surface area contributed by atoms with E-state index in [-0.39, 0.29) is 12.5 Å². The first kappa shape index (κ1) is 11.3. The largest absolute Gasteiger partial charge is 0.488 e. The van der Waals surface area contributed by atoms with E-state index in [0.717, 1.165) is 15.9 Å². The highest BCUT2D eigenvalue weighted by Gasteiger charge is 2.27. The van der Waals surface area contributed by atoms with Gasteiger partial charge < -0.3 is 14.7 Å². The first-order chi connectivity index (χ1) is 7.59. The minimum atomic E-state index is -0.807. The van der Waals surface area contributed by atoms with Crippen molar-refractivity contribution in [2.45, 2.75) is 12.5 Å². The number of nitrogens with zero attached hydrogens (tertiary/aromatic N) is 1. The molecule has 0 fully saturated rings. The molecule has 16 heavy (non-hydrogen) atoms. The quantitative estimate of drug-likeness (QED) is 0.904. The van der Waals surface area contributed by atoms with E-state index < -0.39 is 5.97 Å². The summed E-state index contributed by atoms with van der Waals surface area (Å²) in [5.41, 5.74) is 0.923. The molecule has 0 spiro atoms. The number of carboxylic acids is 1. The Hall–Kier alpha value is -1.23. The number of ether oxygens (including phenoxy) is 1. The third-order valence-corrected chi connectivity index (χ3v) is 3.33. The predicted molar refractivity (Wildman–Crippen MR) is 64.1 cm³/mol. The highest BCUT2D eigenvalue weighted by atomic mass is 79.9. The van der Waals surface area contributed by atoms with E-state index in [1.807, 2.05) is 30.1 Å². The highest BCUT2D eigenvalue weighted by Crippen LogP contribution is 2.39. The van der Waals surface area contributed by atoms with Gasteiger partial charge in [0.2, 0.25) is 0 Å². The van der Waals surface area contributed by atoms with Crippen molar-refractivity contribution in [3.05, 3.63) is 22.7 Å². The summed E-state index contributed by atoms with van der Waals surface area (Å²) < 4.78 is 6.48. The summed E-state index contributed by atoms with van der Waals surface area (Å²) in [5, 5.41) is 8.79. The minimum absolute atomic E-state index is 0.0858. The Morgan fingerprint density at radius 1 is 1.69 bits per heavy atom. The van der Waals surface area contributed by atoms with Gasteiger partial charge in [0.25, 0.3) is 0 Å². The van der Waals surface area contributed by atoms with Crippen LogP contribution < -0.4 is 9.64 Å². The Kier molecular flexibility index (Phi) is 3.05. The summed E-state index contributed by atoms with van der Waals surface area (Å²) in [6, 6.07) is 5.63. The molecule has 0 bridgehead atoms. The van der Waals surface area contributed by atoms with E-state index >= 15 is 0 Å². The predicted octanol–water partition coefficient (Wildman–Crippen LogP) is 2.12. The maximum absolute atomic E-state index is 10.7. The second kappa shape index (κ2) is 4.33. The molecule has 86 valence electrons. The normalized spacial score (nSPS) is 18.9. The van der Waals surface area contributed by atoms with Gasteiger partial charge in [-0.3, -0.25) is 4.79 Å². The van der Waals surface area contributed by atoms with E-state index in [1.165, 1.54) is 0 Å². The number of rotatable bonds is 2. The number of hydrogen-bond donors (Lipinski definition) is 1. The molecule has 4 nitrogen and oxygen atoms in total. The van der Waals surface area contributed by atoms with E-state index in [4.69, 9.17) is 9.84 Å². The molecule has 0 aliphatic carbocycles. The number of fused-ring (bicyclic) bond motifs is 1. The minimum Gasteiger partial charge on any atom is -0.488 e. The first-order valence-corrected chi connectivity index (χ1v) is 5.75. The third kappa shape index (κ3) is 2.00. The maximum atomic E-state index is 10.7. The van der Waals surface area contributed by atoms with Gasteiger partial charge >= 0.3 is 5.97 Å². The topological polar surface area (TPSA) is 49.8 Å². The number of likely N-dealkylation sites (N-methyl/N-ethyl adjacent to an activating group) is 1. The first-order valence-electron chi connectivity index (χ1n) is 4.95. The average Bonchev–Trinajstić information content (AvgIpc) is 2.23. The molecular formula is C11H12BrNO3. The lowest BCUT2D eigenvalue weighted by Gasteiger charge is -2.35. The zero-order chi connectivity index (χ0) is 11.7. The molecule has 1 atom stereocenters. The summed E-state index contributed by atoms with van der Waals surface area (Å²) in [7, 11) is 1.89. The number of benzene rings is 1. The number of para-hydroxylation sites is 1. The standard InChI is InChI=1S/C11H12BrNO3/c1-13-7(5-10(14)15)6-16-11-8(12)3-2-4-9(11)13/h2-4,7H,5-6H2,1H3,(H,14,15). The molecule has 0 aromatic heterocycles. The Bertz CT molecular complexity index is 422. The Morgan fingerprint density at radius 3 is 3.12 bits per heavy atom. The maximum Gasteiger partial charge on any atom is 0.305 e. The van der Waals surface area contributed by atoms with Crippen LogP contribution in [0.4, 0.5) is 5.69 Å². The SMILES string of the molecule is CN1c2cccc(Br)c2OCC1CC(=O)O. The van der Waals surface area contributed by atoms with Crippen LogP contribution in [0.1, 0.15) is 6.42 Å². The molecule has 0 saturated heterocycles. The van der Waals surface area contributed by atoms with E-state index in [0.29, 0.717) is 6.61 Å². The molecule has 1 aromatic carbocycles. The lowest BCUT2D eigenvalue weighted by molar-refractivity contribution is -0.137. The number of aliphatic carboxylic acids is 1. The molecule has 1 aromatic rings. The summed E-state index contributed by atoms with van der Waals surface area (Å²) in [5.74, 6) is -0.0227. The van der Waals surface area contributed by atoms with Crippen LogP contribution in [0.15, 0.2) is 22.7 Å². The van der Waals surface area contributed by atoms with Crippen molar-refractivity contribution >= 4 is 27.6 Å². The fraction of sp³-hybridized carbons (Fsp3) is 0.364. The van der Waals surface area contributed by atoms with Crippen molar-refractivity contribution in [2.75, 3.05) is 18.6 Å². The lowest BCUT2D eigenvalue weighted by Crippen LogP contribution is -2.41. The monoisotopic (exact) mass is 285 g/mol. The summed E-state index contributed by atoms with van der Waals surface area (Å²) >= 11 is 3.41. The molecule has 1 unspecified atom stereocenters. The molecule has 2 rings (SSSR count). The van der Waals surface area contributed by atoms with Crippen molar-refractivity contribution in [3.8, 4) is 5.75 Å². The fourth-order valence-electron chi connectivity index (χ4n) is 1.80. The Labute approximate surface area is 102 Å². The smallest absolute Gasteiger partial charge is 0.305 e. The van der Waals surface area contributed by atoms with Gasteiger partial charge in [0.1, 0.15) is 6.61 Å². The van der Waals surface area contributed by atoms with E-state index in [1.54, 1.807) is 0 Å². The summed E-state index contributed by atoms with van der Waals surface area (Å²) in [4.78, 5) is 12.7. The number of anilines is 1. The molecule has 0 saturated carbocycles. The molecule has 0 amide bonds. The Morgan fingerprint density at radius 2 is 2.44 bits per heavy atom. The van der Waals surface area contributed by atoms with Crippen molar-refractivity contribution in [1.29, 1.82) is 0 Å². The summed E-state index contributed by atoms with van der Waals surface area (Å²) in [6.07, 6.45) is 0.0858. The van der Waals surface area contributed by atoms with Crippen LogP contribution in [0.2, 0.25) is 0 Å². The Balaban J connectivity index is 2.28. The number of halogens is 1. The van der Waals surface area contributed by atoms with Crippen LogP contribution in [0.25, 0.3) is 0 Å². The van der Waals surface area contributed by atoms with Crippen LogP contribution in [0.3, 0.4) is 0 Å². The second-order valence-electron chi connectivity index (χ2n) is 3.76. The molecule has 0 radical (unpaired) electrons. The number of carboxylic acid groups (broad SMARTS) is 1. The zero-order valence-corrected chi connectivity index (χ0v) is 10.4. The van der Waals surface area contributed by atoms with Gasteiger partial charge in [0, 0.05) is 7.05 Å². The van der Waals surface area contributed by atoms with Crippen molar-refractivity contribution in [1.82, 2.24) is 0 Å². The molecule has 1 heterocycles. The molecule has 5 heteroatoms. The zero-order valence-electron chi connectivity index (χ0n) is 8.81. The van der Waals surface area contributed by atoms with Crippen LogP contribution in [0.5, 0.6) is 5.75 Å². The average molecular weight is 286 g/mol. The van der Waals surface area contributed by atoms with Gasteiger partial charge in [-0.15, -0.1) is 0 Å². The second-order valence-corrected chi connectivity index (χ2v) is 4.62. The van der Waals surface area contributed by atoms with Crippen molar-refractivity contribution in [3.63, 3.8) is 0 Å². The van der Waals surface area contributed by atoms with E-state index in [9.17, 15) is 4.79 Å². The van der Waals surface area contributed by atoms with Crippen LogP contribution >= 0.6 is 15.9 Å². The molecule has 1 aliphatic rings. The van der Waals surface area contributed by atoms with E-state index in [2.05, 4.69) is 15.9 Å². The van der Waals surface area contributed by atoms with Gasteiger partial charge in [-0.25, -0.2) is 0 Å². The number of hydrogen-bond acceptors (Lipinski definition) is 3. The third-order valence-electron chi connectivity index (χ3n) is 2.70. The van der Waals surface area contributed by atoms with Gasteiger partial charge in [-0.05, 0) is 28.1 Å². The van der Waals surface area contributed by atoms with Gasteiger partial charge in [0.15, 0.2) is 5.75 Å². The molecule has 1 aliphatic heterocycles. The van der Waals surface area contributed by atoms with Crippen LogP contribution in [0, 0.1) is 0 Å². The van der Waals surface area contributed by atoms with Crippen molar-refractivity contribution < 1.29 is 14.6 Å². The summed E-state index contributed by atoms with van der Waals surface area (Å²) in [6.45, 7) is 0.401.